The molecule has 0 saturated heterocycles. The fourth-order valence-electron chi connectivity index (χ4n) is 3.36. The number of anilines is 2. The molecule has 0 unspecified atom stereocenters. The Bertz CT molecular complexity index is 1190. The molecule has 10 heteroatoms. The number of carbonyl (C=O) groups is 3. The molecule has 0 spiro atoms. The Morgan fingerprint density at radius 1 is 1.31 bits per heavy atom. The summed E-state index contributed by atoms with van der Waals surface area (Å²) in [5, 5.41) is 5.11. The van der Waals surface area contributed by atoms with E-state index in [2.05, 4.69) is 10.3 Å². The fraction of sp³-hybridized carbons (Fsp3) is 0.273. The van der Waals surface area contributed by atoms with E-state index in [0.717, 1.165) is 21.7 Å². The minimum atomic E-state index is -0.481. The smallest absolute Gasteiger partial charge is 0.341 e. The van der Waals surface area contributed by atoms with E-state index < -0.39 is 11.9 Å². The first-order valence-corrected chi connectivity index (χ1v) is 11.7. The van der Waals surface area contributed by atoms with Crippen molar-refractivity contribution >= 4 is 51.1 Å². The number of nitrogens with zero attached hydrogens (tertiary/aromatic N) is 2. The van der Waals surface area contributed by atoms with Crippen LogP contribution in [0.5, 0.6) is 5.75 Å². The highest BCUT2D eigenvalue weighted by Crippen LogP contribution is 2.37. The van der Waals surface area contributed by atoms with Crippen LogP contribution in [0.2, 0.25) is 0 Å². The topological polar surface area (TPSA) is 97.8 Å². The molecule has 4 rings (SSSR count). The minimum Gasteiger partial charge on any atom is -0.482 e. The van der Waals surface area contributed by atoms with Gasteiger partial charge in [-0.25, -0.2) is 9.78 Å². The summed E-state index contributed by atoms with van der Waals surface area (Å²) in [4.78, 5) is 44.5. The third-order valence-electron chi connectivity index (χ3n) is 5.05. The number of ether oxygens (including phenoxy) is 2. The Kier molecular flexibility index (Phi) is 6.24. The first-order valence-electron chi connectivity index (χ1n) is 9.91. The lowest BCUT2D eigenvalue weighted by Gasteiger charge is -2.29. The first kappa shape index (κ1) is 22.0. The van der Waals surface area contributed by atoms with Crippen LogP contribution < -0.4 is 15.0 Å². The molecule has 0 bridgehead atoms. The molecule has 1 aromatic carbocycles. The quantitative estimate of drug-likeness (QED) is 0.545. The Labute approximate surface area is 192 Å². The van der Waals surface area contributed by atoms with Crippen LogP contribution in [0.3, 0.4) is 0 Å². The second kappa shape index (κ2) is 9.09. The van der Waals surface area contributed by atoms with Gasteiger partial charge in [-0.1, -0.05) is 0 Å². The van der Waals surface area contributed by atoms with Crippen molar-refractivity contribution in [2.45, 2.75) is 20.8 Å². The predicted octanol–water partition coefficient (Wildman–Crippen LogP) is 4.03. The SMILES string of the molecule is CCOC(=O)c1c(NC(=O)CN2C(=O)COc3ccc(-c4cscn4)cc32)sc(C)c1C. The second-order valence-electron chi connectivity index (χ2n) is 7.08. The summed E-state index contributed by atoms with van der Waals surface area (Å²) in [6, 6.07) is 5.43. The summed E-state index contributed by atoms with van der Waals surface area (Å²) in [6.07, 6.45) is 0. The van der Waals surface area contributed by atoms with Gasteiger partial charge in [-0.15, -0.1) is 22.7 Å². The van der Waals surface area contributed by atoms with Crippen molar-refractivity contribution in [2.75, 3.05) is 30.0 Å². The first-order chi connectivity index (χ1) is 15.4. The highest BCUT2D eigenvalue weighted by atomic mass is 32.1. The molecule has 1 aliphatic heterocycles. The van der Waals surface area contributed by atoms with Crippen LogP contribution in [0.15, 0.2) is 29.1 Å². The van der Waals surface area contributed by atoms with Gasteiger partial charge in [-0.3, -0.25) is 14.5 Å². The van der Waals surface area contributed by atoms with E-state index in [-0.39, 0.29) is 25.7 Å². The molecule has 1 N–H and O–H groups in total. The summed E-state index contributed by atoms with van der Waals surface area (Å²) in [6.45, 7) is 5.29. The molecule has 0 atom stereocenters. The molecule has 3 aromatic rings. The summed E-state index contributed by atoms with van der Waals surface area (Å²) in [5.74, 6) is -0.707. The number of nitrogens with one attached hydrogen (secondary N) is 1. The van der Waals surface area contributed by atoms with Gasteiger partial charge in [-0.05, 0) is 44.5 Å². The van der Waals surface area contributed by atoms with E-state index in [9.17, 15) is 14.4 Å². The standard InChI is InChI=1S/C22H21N3O5S2/c1-4-29-22(28)20-12(2)13(3)32-21(20)24-18(26)8-25-16-7-14(15-10-31-11-23-15)5-6-17(16)30-9-19(25)27/h5-7,10-11H,4,8-9H2,1-3H3,(H,24,26). The number of fused-ring (bicyclic) bond motifs is 1. The average molecular weight is 472 g/mol. The summed E-state index contributed by atoms with van der Waals surface area (Å²) < 4.78 is 10.7. The minimum absolute atomic E-state index is 0.151. The summed E-state index contributed by atoms with van der Waals surface area (Å²) in [7, 11) is 0. The summed E-state index contributed by atoms with van der Waals surface area (Å²) >= 11 is 2.78. The van der Waals surface area contributed by atoms with E-state index in [1.165, 1.54) is 27.6 Å². The lowest BCUT2D eigenvalue weighted by atomic mass is 10.1. The molecule has 2 aromatic heterocycles. The monoisotopic (exact) mass is 471 g/mol. The molecule has 0 aliphatic carbocycles. The van der Waals surface area contributed by atoms with Crippen molar-refractivity contribution < 1.29 is 23.9 Å². The highest BCUT2D eigenvalue weighted by molar-refractivity contribution is 7.16. The van der Waals surface area contributed by atoms with Gasteiger partial charge < -0.3 is 14.8 Å². The van der Waals surface area contributed by atoms with Gasteiger partial charge in [-0.2, -0.15) is 0 Å². The number of thiazole rings is 1. The maximum atomic E-state index is 12.9. The normalized spacial score (nSPS) is 12.8. The van der Waals surface area contributed by atoms with Gasteiger partial charge in [0.2, 0.25) is 5.91 Å². The maximum absolute atomic E-state index is 12.9. The van der Waals surface area contributed by atoms with Crippen LogP contribution in [0.1, 0.15) is 27.7 Å². The van der Waals surface area contributed by atoms with Crippen LogP contribution in [0.4, 0.5) is 10.7 Å². The molecule has 0 saturated carbocycles. The van der Waals surface area contributed by atoms with E-state index in [1.807, 2.05) is 25.3 Å². The van der Waals surface area contributed by atoms with Crippen LogP contribution in [0.25, 0.3) is 11.3 Å². The molecular formula is C22H21N3O5S2. The average Bonchev–Trinajstić information content (AvgIpc) is 3.39. The predicted molar refractivity (Wildman–Crippen MR) is 124 cm³/mol. The number of rotatable bonds is 6. The van der Waals surface area contributed by atoms with E-state index >= 15 is 0 Å². The van der Waals surface area contributed by atoms with Gasteiger partial charge in [0.15, 0.2) is 6.61 Å². The molecule has 2 amide bonds. The van der Waals surface area contributed by atoms with Gasteiger partial charge in [0, 0.05) is 15.8 Å². The molecule has 1 aliphatic rings. The second-order valence-corrected chi connectivity index (χ2v) is 9.02. The van der Waals surface area contributed by atoms with Crippen molar-refractivity contribution in [2.24, 2.45) is 0 Å². The molecule has 32 heavy (non-hydrogen) atoms. The van der Waals surface area contributed by atoms with E-state index in [4.69, 9.17) is 9.47 Å². The van der Waals surface area contributed by atoms with Crippen LogP contribution in [0, 0.1) is 13.8 Å². The largest absolute Gasteiger partial charge is 0.482 e. The number of thiophene rings is 1. The lowest BCUT2D eigenvalue weighted by molar-refractivity contribution is -0.123. The molecule has 8 nitrogen and oxygen atoms in total. The van der Waals surface area contributed by atoms with Crippen LogP contribution in [-0.2, 0) is 14.3 Å². The number of aromatic nitrogens is 1. The van der Waals surface area contributed by atoms with Crippen LogP contribution >= 0.6 is 22.7 Å². The van der Waals surface area contributed by atoms with Crippen molar-refractivity contribution in [3.05, 3.63) is 45.1 Å². The number of amides is 2. The van der Waals surface area contributed by atoms with Crippen molar-refractivity contribution in [1.29, 1.82) is 0 Å². The van der Waals surface area contributed by atoms with Crippen molar-refractivity contribution in [3.8, 4) is 17.0 Å². The number of esters is 1. The van der Waals surface area contributed by atoms with Crippen molar-refractivity contribution in [1.82, 2.24) is 4.98 Å². The molecular weight excluding hydrogens is 450 g/mol. The number of benzene rings is 1. The Hall–Kier alpha value is -3.24. The van der Waals surface area contributed by atoms with Crippen LogP contribution in [-0.4, -0.2) is 42.5 Å². The zero-order valence-corrected chi connectivity index (χ0v) is 19.4. The zero-order valence-electron chi connectivity index (χ0n) is 17.8. The maximum Gasteiger partial charge on any atom is 0.341 e. The third-order valence-corrected chi connectivity index (χ3v) is 6.76. The molecule has 166 valence electrons. The fourth-order valence-corrected chi connectivity index (χ4v) is 4.99. The number of carbonyl (C=O) groups excluding carboxylic acids is 3. The number of hydrogen-bond donors (Lipinski definition) is 1. The molecule has 0 radical (unpaired) electrons. The van der Waals surface area contributed by atoms with E-state index in [0.29, 0.717) is 22.0 Å². The van der Waals surface area contributed by atoms with E-state index in [1.54, 1.807) is 24.6 Å². The molecule has 3 heterocycles. The molecule has 0 fully saturated rings. The van der Waals surface area contributed by atoms with Gasteiger partial charge in [0.05, 0.1) is 29.1 Å². The van der Waals surface area contributed by atoms with Crippen molar-refractivity contribution in [3.63, 3.8) is 0 Å². The third kappa shape index (κ3) is 4.23. The van der Waals surface area contributed by atoms with Gasteiger partial charge in [0.25, 0.3) is 5.91 Å². The van der Waals surface area contributed by atoms with Gasteiger partial charge in [0.1, 0.15) is 17.3 Å². The number of aryl methyl sites for hydroxylation is 1. The lowest BCUT2D eigenvalue weighted by Crippen LogP contribution is -2.43. The van der Waals surface area contributed by atoms with Gasteiger partial charge >= 0.3 is 5.97 Å². The highest BCUT2D eigenvalue weighted by Gasteiger charge is 2.29. The summed E-state index contributed by atoms with van der Waals surface area (Å²) in [5.41, 5.74) is 4.96. The Morgan fingerprint density at radius 2 is 2.12 bits per heavy atom. The Morgan fingerprint density at radius 3 is 2.84 bits per heavy atom. The number of hydrogen-bond acceptors (Lipinski definition) is 8. The Balaban J connectivity index is 1.58. The zero-order chi connectivity index (χ0) is 22.8.